The van der Waals surface area contributed by atoms with E-state index in [1.165, 1.54) is 0 Å². The molecule has 1 aromatic heterocycles. The summed E-state index contributed by atoms with van der Waals surface area (Å²) in [5.41, 5.74) is 2.13. The molecule has 0 radical (unpaired) electrons. The van der Waals surface area contributed by atoms with Crippen LogP contribution in [-0.4, -0.2) is 28.5 Å². The molecular formula is C14H14N4O3. The third-order valence-corrected chi connectivity index (χ3v) is 3.19. The van der Waals surface area contributed by atoms with Crippen LogP contribution in [0.2, 0.25) is 0 Å². The molecule has 1 aliphatic rings. The lowest BCUT2D eigenvalue weighted by Crippen LogP contribution is -2.25. The summed E-state index contributed by atoms with van der Waals surface area (Å²) in [7, 11) is 0. The number of rotatable bonds is 4. The number of benzene rings is 1. The first kappa shape index (κ1) is 13.3. The van der Waals surface area contributed by atoms with Crippen molar-refractivity contribution in [3.05, 3.63) is 41.0 Å². The quantitative estimate of drug-likeness (QED) is 0.868. The zero-order chi connectivity index (χ0) is 14.8. The van der Waals surface area contributed by atoms with Crippen LogP contribution in [0.1, 0.15) is 27.6 Å². The van der Waals surface area contributed by atoms with Gasteiger partial charge in [0.2, 0.25) is 11.8 Å². The van der Waals surface area contributed by atoms with E-state index in [0.717, 1.165) is 5.56 Å². The lowest BCUT2D eigenvalue weighted by atomic mass is 10.1. The number of hydrogen-bond donors (Lipinski definition) is 2. The summed E-state index contributed by atoms with van der Waals surface area (Å²) in [5.74, 6) is 0.823. The number of fused-ring (bicyclic) bond motifs is 1. The fraction of sp³-hybridized carbons (Fsp3) is 0.286. The Morgan fingerprint density at radius 2 is 2.33 bits per heavy atom. The first-order chi connectivity index (χ1) is 10.1. The zero-order valence-corrected chi connectivity index (χ0v) is 11.5. The second-order valence-electron chi connectivity index (χ2n) is 4.84. The fourth-order valence-corrected chi connectivity index (χ4v) is 2.18. The number of amides is 2. The number of nitrogens with one attached hydrogen (secondary N) is 2. The first-order valence-corrected chi connectivity index (χ1v) is 6.62. The predicted molar refractivity (Wildman–Crippen MR) is 73.8 cm³/mol. The first-order valence-electron chi connectivity index (χ1n) is 6.62. The van der Waals surface area contributed by atoms with Crippen molar-refractivity contribution in [2.45, 2.75) is 19.8 Å². The van der Waals surface area contributed by atoms with E-state index in [2.05, 4.69) is 20.8 Å². The second kappa shape index (κ2) is 5.35. The summed E-state index contributed by atoms with van der Waals surface area (Å²) >= 11 is 0. The molecule has 108 valence electrons. The molecular weight excluding hydrogens is 272 g/mol. The Hall–Kier alpha value is -2.70. The fourth-order valence-electron chi connectivity index (χ4n) is 2.18. The van der Waals surface area contributed by atoms with Gasteiger partial charge in [-0.25, -0.2) is 0 Å². The molecule has 0 atom stereocenters. The maximum Gasteiger partial charge on any atom is 0.251 e. The minimum Gasteiger partial charge on any atom is -0.352 e. The Kier molecular flexibility index (Phi) is 3.39. The summed E-state index contributed by atoms with van der Waals surface area (Å²) in [6, 6.07) is 5.20. The molecule has 21 heavy (non-hydrogen) atoms. The van der Waals surface area contributed by atoms with E-state index >= 15 is 0 Å². The highest BCUT2D eigenvalue weighted by Gasteiger charge is 2.19. The number of carbonyl (C=O) groups is 2. The number of hydrogen-bond acceptors (Lipinski definition) is 5. The van der Waals surface area contributed by atoms with Crippen molar-refractivity contribution >= 4 is 17.5 Å². The molecule has 1 aromatic carbocycles. The highest BCUT2D eigenvalue weighted by Crippen LogP contribution is 2.23. The smallest absolute Gasteiger partial charge is 0.251 e. The number of carbonyl (C=O) groups excluding carboxylic acids is 2. The minimum absolute atomic E-state index is 0.0469. The van der Waals surface area contributed by atoms with Crippen molar-refractivity contribution in [1.82, 2.24) is 15.5 Å². The van der Waals surface area contributed by atoms with Crippen LogP contribution < -0.4 is 10.6 Å². The Bertz CT molecular complexity index is 708. The Morgan fingerprint density at radius 1 is 1.48 bits per heavy atom. The van der Waals surface area contributed by atoms with Gasteiger partial charge in [-0.2, -0.15) is 4.98 Å². The predicted octanol–water partition coefficient (Wildman–Crippen LogP) is 0.845. The number of anilines is 1. The molecule has 0 saturated heterocycles. The van der Waals surface area contributed by atoms with Crippen LogP contribution in [0.4, 0.5) is 5.69 Å². The summed E-state index contributed by atoms with van der Waals surface area (Å²) in [5, 5.41) is 9.18. The summed E-state index contributed by atoms with van der Waals surface area (Å²) in [4.78, 5) is 27.4. The van der Waals surface area contributed by atoms with Crippen LogP contribution in [0.15, 0.2) is 22.7 Å². The van der Waals surface area contributed by atoms with Crippen LogP contribution >= 0.6 is 0 Å². The highest BCUT2D eigenvalue weighted by atomic mass is 16.5. The molecule has 2 aromatic rings. The molecule has 2 heterocycles. The average molecular weight is 286 g/mol. The van der Waals surface area contributed by atoms with Crippen molar-refractivity contribution in [3.63, 3.8) is 0 Å². The summed E-state index contributed by atoms with van der Waals surface area (Å²) in [6.45, 7) is 2.15. The zero-order valence-electron chi connectivity index (χ0n) is 11.5. The topological polar surface area (TPSA) is 97.1 Å². The van der Waals surface area contributed by atoms with Crippen LogP contribution in [0.5, 0.6) is 0 Å². The standard InChI is InChI=1S/C14H14N4O3/c1-8-16-13(21-18-8)4-5-15-14(20)10-3-2-9-7-12(19)17-11(9)6-10/h2-3,6H,4-5,7H2,1H3,(H,15,20)(H,17,19). The van der Waals surface area contributed by atoms with E-state index in [9.17, 15) is 9.59 Å². The lowest BCUT2D eigenvalue weighted by molar-refractivity contribution is -0.115. The molecule has 7 nitrogen and oxygen atoms in total. The Labute approximate surface area is 120 Å². The molecule has 0 bridgehead atoms. The van der Waals surface area contributed by atoms with E-state index in [1.54, 1.807) is 25.1 Å². The maximum atomic E-state index is 12.0. The largest absolute Gasteiger partial charge is 0.352 e. The van der Waals surface area contributed by atoms with Gasteiger partial charge in [0.25, 0.3) is 5.91 Å². The lowest BCUT2D eigenvalue weighted by Gasteiger charge is -2.05. The monoisotopic (exact) mass is 286 g/mol. The third kappa shape index (κ3) is 2.91. The van der Waals surface area contributed by atoms with Crippen LogP contribution in [-0.2, 0) is 17.6 Å². The van der Waals surface area contributed by atoms with E-state index in [-0.39, 0.29) is 11.8 Å². The number of nitrogens with zero attached hydrogens (tertiary/aromatic N) is 2. The van der Waals surface area contributed by atoms with E-state index in [1.807, 2.05) is 0 Å². The van der Waals surface area contributed by atoms with E-state index in [0.29, 0.717) is 42.4 Å². The normalized spacial score (nSPS) is 12.9. The van der Waals surface area contributed by atoms with Gasteiger partial charge in [-0.1, -0.05) is 11.2 Å². The van der Waals surface area contributed by atoms with E-state index < -0.39 is 0 Å². The van der Waals surface area contributed by atoms with Gasteiger partial charge >= 0.3 is 0 Å². The SMILES string of the molecule is Cc1noc(CCNC(=O)c2ccc3c(c2)NC(=O)C3)n1. The molecule has 0 saturated carbocycles. The van der Waals surface area contributed by atoms with Crippen molar-refractivity contribution in [2.24, 2.45) is 0 Å². The molecule has 0 fully saturated rings. The molecule has 2 N–H and O–H groups in total. The van der Waals surface area contributed by atoms with Crippen molar-refractivity contribution in [1.29, 1.82) is 0 Å². The highest BCUT2D eigenvalue weighted by molar-refractivity contribution is 6.02. The number of aryl methyl sites for hydroxylation is 1. The van der Waals surface area contributed by atoms with Crippen LogP contribution in [0.25, 0.3) is 0 Å². The van der Waals surface area contributed by atoms with Gasteiger partial charge < -0.3 is 15.2 Å². The van der Waals surface area contributed by atoms with E-state index in [4.69, 9.17) is 4.52 Å². The van der Waals surface area contributed by atoms with Gasteiger partial charge in [0.15, 0.2) is 5.82 Å². The van der Waals surface area contributed by atoms with Crippen molar-refractivity contribution in [3.8, 4) is 0 Å². The van der Waals surface area contributed by atoms with Gasteiger partial charge in [-0.05, 0) is 24.6 Å². The molecule has 3 rings (SSSR count). The van der Waals surface area contributed by atoms with Gasteiger partial charge in [0, 0.05) is 24.2 Å². The van der Waals surface area contributed by atoms with Crippen LogP contribution in [0, 0.1) is 6.92 Å². The molecule has 1 aliphatic heterocycles. The molecule has 0 unspecified atom stereocenters. The maximum absolute atomic E-state index is 12.0. The molecule has 7 heteroatoms. The second-order valence-corrected chi connectivity index (χ2v) is 4.84. The Morgan fingerprint density at radius 3 is 3.10 bits per heavy atom. The summed E-state index contributed by atoms with van der Waals surface area (Å²) in [6.07, 6.45) is 0.849. The van der Waals surface area contributed by atoms with Crippen molar-refractivity contribution < 1.29 is 14.1 Å². The van der Waals surface area contributed by atoms with Gasteiger partial charge in [-0.3, -0.25) is 9.59 Å². The Balaban J connectivity index is 1.58. The van der Waals surface area contributed by atoms with Gasteiger partial charge in [0.1, 0.15) is 0 Å². The van der Waals surface area contributed by atoms with Gasteiger partial charge in [0.05, 0.1) is 6.42 Å². The molecule has 0 aliphatic carbocycles. The van der Waals surface area contributed by atoms with Crippen molar-refractivity contribution in [2.75, 3.05) is 11.9 Å². The van der Waals surface area contributed by atoms with Crippen LogP contribution in [0.3, 0.4) is 0 Å². The third-order valence-electron chi connectivity index (χ3n) is 3.19. The molecule has 0 spiro atoms. The summed E-state index contributed by atoms with van der Waals surface area (Å²) < 4.78 is 4.96. The molecule has 2 amide bonds. The average Bonchev–Trinajstić information content (AvgIpc) is 3.02. The van der Waals surface area contributed by atoms with Gasteiger partial charge in [-0.15, -0.1) is 0 Å². The minimum atomic E-state index is -0.199. The number of aromatic nitrogens is 2.